The molecule has 1 fully saturated rings. The number of fused-ring (bicyclic) bond motifs is 1. The van der Waals surface area contributed by atoms with Crippen LogP contribution in [0.5, 0.6) is 0 Å². The number of hydrogen-bond acceptors (Lipinski definition) is 3. The Kier molecular flexibility index (Phi) is 5.91. The molecule has 3 rings (SSSR count). The van der Waals surface area contributed by atoms with E-state index in [2.05, 4.69) is 15.6 Å². The molecule has 0 aliphatic heterocycles. The van der Waals surface area contributed by atoms with Gasteiger partial charge in [0.2, 0.25) is 5.91 Å². The first-order valence-corrected chi connectivity index (χ1v) is 8.40. The smallest absolute Gasteiger partial charge is 0.227 e. The van der Waals surface area contributed by atoms with Crippen molar-refractivity contribution < 1.29 is 4.79 Å². The van der Waals surface area contributed by atoms with Crippen LogP contribution < -0.4 is 10.6 Å². The Hall–Kier alpha value is -1.81. The second kappa shape index (κ2) is 8.34. The van der Waals surface area contributed by atoms with Crippen molar-refractivity contribution in [3.05, 3.63) is 67.1 Å². The van der Waals surface area contributed by atoms with Crippen molar-refractivity contribution in [3.63, 3.8) is 0 Å². The summed E-state index contributed by atoms with van der Waals surface area (Å²) >= 11 is 6.00. The standard InChI is InChI=1S/C19H19ClN3O/c20-15-7-8-16-17(9-12-22-18(16)13-15)21-10-3-4-11-23-19(24)14-5-1-2-6-14/h1-2,5-9,12-13H,3-4,10-11H2,(H,21,22)(H,23,24). The number of unbranched alkanes of at least 4 members (excludes halogenated alkanes) is 1. The molecule has 0 atom stereocenters. The largest absolute Gasteiger partial charge is 0.384 e. The van der Waals surface area contributed by atoms with Gasteiger partial charge in [0.1, 0.15) is 0 Å². The molecule has 24 heavy (non-hydrogen) atoms. The van der Waals surface area contributed by atoms with Crippen LogP contribution in [0.4, 0.5) is 5.69 Å². The van der Waals surface area contributed by atoms with Crippen LogP contribution in [-0.2, 0) is 4.79 Å². The van der Waals surface area contributed by atoms with Gasteiger partial charge in [-0.3, -0.25) is 9.78 Å². The molecule has 1 heterocycles. The number of benzene rings is 1. The Labute approximate surface area is 148 Å². The van der Waals surface area contributed by atoms with Gasteiger partial charge in [-0.1, -0.05) is 11.6 Å². The van der Waals surface area contributed by atoms with E-state index in [-0.39, 0.29) is 5.91 Å². The maximum absolute atomic E-state index is 11.8. The third-order valence-electron chi connectivity index (χ3n) is 3.83. The fraction of sp³-hybridized carbons (Fsp3) is 0.211. The first-order valence-electron chi connectivity index (χ1n) is 8.02. The summed E-state index contributed by atoms with van der Waals surface area (Å²) in [5.41, 5.74) is 1.94. The minimum Gasteiger partial charge on any atom is -0.384 e. The molecule has 0 saturated heterocycles. The Morgan fingerprint density at radius 1 is 1.08 bits per heavy atom. The summed E-state index contributed by atoms with van der Waals surface area (Å²) in [7, 11) is 0. The van der Waals surface area contributed by atoms with Gasteiger partial charge in [-0.15, -0.1) is 0 Å². The van der Waals surface area contributed by atoms with E-state index < -0.39 is 0 Å². The van der Waals surface area contributed by atoms with Crippen LogP contribution >= 0.6 is 11.6 Å². The van der Waals surface area contributed by atoms with Crippen molar-refractivity contribution in [2.45, 2.75) is 12.8 Å². The Morgan fingerprint density at radius 2 is 1.88 bits per heavy atom. The number of halogens is 1. The lowest BCUT2D eigenvalue weighted by Gasteiger charge is -2.11. The summed E-state index contributed by atoms with van der Waals surface area (Å²) in [5.74, 6) is 0.708. The van der Waals surface area contributed by atoms with Crippen LogP contribution in [0.25, 0.3) is 10.9 Å². The predicted molar refractivity (Wildman–Crippen MR) is 97.9 cm³/mol. The number of carbonyl (C=O) groups is 1. The highest BCUT2D eigenvalue weighted by molar-refractivity contribution is 6.31. The number of rotatable bonds is 7. The van der Waals surface area contributed by atoms with Crippen LogP contribution in [0.2, 0.25) is 5.02 Å². The molecule has 5 heteroatoms. The summed E-state index contributed by atoms with van der Waals surface area (Å²) < 4.78 is 0. The second-order valence-electron chi connectivity index (χ2n) is 5.58. The zero-order valence-corrected chi connectivity index (χ0v) is 14.0. The molecule has 0 bridgehead atoms. The lowest BCUT2D eigenvalue weighted by atomic mass is 10.1. The minimum atomic E-state index is -0.00929. The lowest BCUT2D eigenvalue weighted by molar-refractivity contribution is -0.118. The van der Waals surface area contributed by atoms with Gasteiger partial charge in [0.15, 0.2) is 0 Å². The molecule has 1 saturated carbocycles. The first-order chi connectivity index (χ1) is 11.7. The van der Waals surface area contributed by atoms with E-state index in [9.17, 15) is 4.79 Å². The van der Waals surface area contributed by atoms with Gasteiger partial charge < -0.3 is 10.6 Å². The Balaban J connectivity index is 1.40. The fourth-order valence-corrected chi connectivity index (χ4v) is 2.74. The quantitative estimate of drug-likeness (QED) is 0.757. The molecule has 1 aliphatic rings. The molecule has 2 N–H and O–H groups in total. The van der Waals surface area contributed by atoms with Crippen molar-refractivity contribution in [2.24, 2.45) is 0 Å². The molecule has 123 valence electrons. The highest BCUT2D eigenvalue weighted by atomic mass is 35.5. The van der Waals surface area contributed by atoms with E-state index in [1.54, 1.807) is 6.20 Å². The van der Waals surface area contributed by atoms with Gasteiger partial charge in [-0.2, -0.15) is 0 Å². The van der Waals surface area contributed by atoms with Gasteiger partial charge in [0.25, 0.3) is 0 Å². The predicted octanol–water partition coefficient (Wildman–Crippen LogP) is 3.60. The fourth-order valence-electron chi connectivity index (χ4n) is 2.58. The Bertz CT molecular complexity index is 698. The van der Waals surface area contributed by atoms with Crippen LogP contribution in [0, 0.1) is 31.6 Å². The average molecular weight is 341 g/mol. The molecule has 1 amide bonds. The van der Waals surface area contributed by atoms with Crippen molar-refractivity contribution in [2.75, 3.05) is 18.4 Å². The van der Waals surface area contributed by atoms with Crippen molar-refractivity contribution >= 4 is 34.1 Å². The van der Waals surface area contributed by atoms with E-state index in [1.807, 2.05) is 49.9 Å². The minimum absolute atomic E-state index is 0.00929. The zero-order chi connectivity index (χ0) is 16.8. The Morgan fingerprint density at radius 3 is 2.71 bits per heavy atom. The summed E-state index contributed by atoms with van der Waals surface area (Å²) in [6.07, 6.45) is 11.0. The van der Waals surface area contributed by atoms with Crippen molar-refractivity contribution in [1.29, 1.82) is 0 Å². The normalized spacial score (nSPS) is 14.9. The average Bonchev–Trinajstić information content (AvgIpc) is 3.12. The summed E-state index contributed by atoms with van der Waals surface area (Å²) in [6, 6.07) is 7.68. The molecule has 2 aromatic rings. The number of nitrogens with one attached hydrogen (secondary N) is 2. The molecule has 1 aliphatic carbocycles. The number of nitrogens with zero attached hydrogens (tertiary/aromatic N) is 1. The third-order valence-corrected chi connectivity index (χ3v) is 4.07. The topological polar surface area (TPSA) is 54.0 Å². The summed E-state index contributed by atoms with van der Waals surface area (Å²) in [4.78, 5) is 16.1. The van der Waals surface area contributed by atoms with Gasteiger partial charge in [0.05, 0.1) is 11.4 Å². The number of anilines is 1. The van der Waals surface area contributed by atoms with E-state index in [0.29, 0.717) is 11.6 Å². The van der Waals surface area contributed by atoms with E-state index in [1.165, 1.54) is 0 Å². The number of amides is 1. The highest BCUT2D eigenvalue weighted by Gasteiger charge is 2.23. The number of pyridine rings is 1. The SMILES string of the molecule is O=C(NCCCCNc1ccnc2cc(Cl)ccc12)[C]1[CH][CH][CH][CH]1. The zero-order valence-electron chi connectivity index (χ0n) is 13.3. The molecular weight excluding hydrogens is 322 g/mol. The number of hydrogen-bond donors (Lipinski definition) is 2. The van der Waals surface area contributed by atoms with Gasteiger partial charge >= 0.3 is 0 Å². The van der Waals surface area contributed by atoms with Gasteiger partial charge in [-0.05, 0) is 62.8 Å². The van der Waals surface area contributed by atoms with Crippen LogP contribution in [-0.4, -0.2) is 24.0 Å². The maximum atomic E-state index is 11.8. The molecule has 5 radical (unpaired) electrons. The third kappa shape index (κ3) is 4.38. The van der Waals surface area contributed by atoms with Crippen LogP contribution in [0.15, 0.2) is 30.5 Å². The van der Waals surface area contributed by atoms with E-state index in [0.717, 1.165) is 41.9 Å². The van der Waals surface area contributed by atoms with Crippen molar-refractivity contribution in [3.8, 4) is 0 Å². The van der Waals surface area contributed by atoms with Crippen LogP contribution in [0.3, 0.4) is 0 Å². The highest BCUT2D eigenvalue weighted by Crippen LogP contribution is 2.24. The molecular formula is C19H19ClN3O. The molecule has 0 spiro atoms. The maximum Gasteiger partial charge on any atom is 0.227 e. The second-order valence-corrected chi connectivity index (χ2v) is 6.02. The number of carbonyl (C=O) groups excluding carboxylic acids is 1. The van der Waals surface area contributed by atoms with Crippen LogP contribution in [0.1, 0.15) is 12.8 Å². The van der Waals surface area contributed by atoms with E-state index >= 15 is 0 Å². The molecule has 1 aromatic carbocycles. The summed E-state index contributed by atoms with van der Waals surface area (Å²) in [5, 5.41) is 8.10. The lowest BCUT2D eigenvalue weighted by Crippen LogP contribution is -2.29. The number of aromatic nitrogens is 1. The molecule has 0 unspecified atom stereocenters. The van der Waals surface area contributed by atoms with Gasteiger partial charge in [-0.25, -0.2) is 0 Å². The van der Waals surface area contributed by atoms with Gasteiger partial charge in [0, 0.05) is 35.4 Å². The van der Waals surface area contributed by atoms with Crippen molar-refractivity contribution in [1.82, 2.24) is 10.3 Å². The molecule has 1 aromatic heterocycles. The van der Waals surface area contributed by atoms with E-state index in [4.69, 9.17) is 11.6 Å². The first kappa shape index (κ1) is 17.0. The monoisotopic (exact) mass is 340 g/mol. The molecule has 4 nitrogen and oxygen atoms in total. The summed E-state index contributed by atoms with van der Waals surface area (Å²) in [6.45, 7) is 1.52.